The molecular weight excluding hydrogens is 414 g/mol. The van der Waals surface area contributed by atoms with Crippen molar-refractivity contribution in [2.75, 3.05) is 19.4 Å². The number of hydrogen-bond acceptors (Lipinski definition) is 6. The Morgan fingerprint density at radius 1 is 1.11 bits per heavy atom. The Morgan fingerprint density at radius 3 is 2.26 bits per heavy atom. The average molecular weight is 439 g/mol. The quantitative estimate of drug-likeness (QED) is 0.312. The first-order chi connectivity index (χ1) is 12.7. The molecule has 0 saturated heterocycles. The molecule has 0 bridgehead atoms. The molecule has 0 aliphatic heterocycles. The molecule has 0 spiro atoms. The standard InChI is InChI=1S/C18H25Cl2O6P/c1-4-7-18(22)26-17(15-9-8-13(19)10-16(15)20)11-14(21)12-27(23,24-5-2)25-6-3/h8-10,17H,4-7,11-12H2,1-3H3. The van der Waals surface area contributed by atoms with E-state index >= 15 is 0 Å². The molecule has 0 N–H and O–H groups in total. The van der Waals surface area contributed by atoms with E-state index in [1.165, 1.54) is 6.07 Å². The molecule has 152 valence electrons. The molecule has 1 aromatic carbocycles. The Bertz CT molecular complexity index is 684. The second-order valence-electron chi connectivity index (χ2n) is 5.74. The predicted molar refractivity (Wildman–Crippen MR) is 106 cm³/mol. The summed E-state index contributed by atoms with van der Waals surface area (Å²) in [5, 5.41) is 0.702. The van der Waals surface area contributed by atoms with Crippen molar-refractivity contribution in [3.63, 3.8) is 0 Å². The minimum atomic E-state index is -3.53. The van der Waals surface area contributed by atoms with Crippen LogP contribution in [0.4, 0.5) is 0 Å². The van der Waals surface area contributed by atoms with Gasteiger partial charge in [0.1, 0.15) is 18.0 Å². The number of hydrogen-bond donors (Lipinski definition) is 0. The van der Waals surface area contributed by atoms with E-state index < -0.39 is 31.6 Å². The van der Waals surface area contributed by atoms with Crippen LogP contribution in [0.2, 0.25) is 10.0 Å². The van der Waals surface area contributed by atoms with Crippen molar-refractivity contribution >= 4 is 42.6 Å². The maximum atomic E-state index is 12.6. The maximum Gasteiger partial charge on any atom is 0.338 e. The van der Waals surface area contributed by atoms with Crippen molar-refractivity contribution in [1.82, 2.24) is 0 Å². The van der Waals surface area contributed by atoms with Crippen LogP contribution >= 0.6 is 30.8 Å². The van der Waals surface area contributed by atoms with Crippen LogP contribution < -0.4 is 0 Å². The molecule has 0 amide bonds. The lowest BCUT2D eigenvalue weighted by atomic mass is 10.0. The predicted octanol–water partition coefficient (Wildman–Crippen LogP) is 5.60. The first-order valence-electron chi connectivity index (χ1n) is 8.78. The minimum Gasteiger partial charge on any atom is -0.457 e. The van der Waals surface area contributed by atoms with Gasteiger partial charge in [0.25, 0.3) is 0 Å². The topological polar surface area (TPSA) is 78.9 Å². The Hall–Kier alpha value is -0.910. The number of benzene rings is 1. The summed E-state index contributed by atoms with van der Waals surface area (Å²) in [4.78, 5) is 24.5. The van der Waals surface area contributed by atoms with E-state index in [0.29, 0.717) is 17.0 Å². The fraction of sp³-hybridized carbons (Fsp3) is 0.556. The lowest BCUT2D eigenvalue weighted by molar-refractivity contribution is -0.150. The van der Waals surface area contributed by atoms with Gasteiger partial charge in [-0.25, -0.2) is 0 Å². The van der Waals surface area contributed by atoms with Crippen molar-refractivity contribution in [1.29, 1.82) is 0 Å². The lowest BCUT2D eigenvalue weighted by Gasteiger charge is -2.21. The molecule has 6 nitrogen and oxygen atoms in total. The van der Waals surface area contributed by atoms with Crippen LogP contribution in [0.3, 0.4) is 0 Å². The summed E-state index contributed by atoms with van der Waals surface area (Å²) in [7, 11) is -3.53. The number of carbonyl (C=O) groups is 2. The van der Waals surface area contributed by atoms with Gasteiger partial charge in [-0.15, -0.1) is 0 Å². The highest BCUT2D eigenvalue weighted by atomic mass is 35.5. The first kappa shape index (κ1) is 24.1. The van der Waals surface area contributed by atoms with Crippen LogP contribution in [0.1, 0.15) is 51.7 Å². The SMILES string of the molecule is CCCC(=O)OC(CC(=O)CP(=O)(OCC)OCC)c1ccc(Cl)cc1Cl. The van der Waals surface area contributed by atoms with E-state index in [1.54, 1.807) is 26.0 Å². The van der Waals surface area contributed by atoms with Crippen LogP contribution in [-0.2, 0) is 27.9 Å². The zero-order valence-electron chi connectivity index (χ0n) is 15.7. The molecule has 0 aliphatic rings. The second-order valence-corrected chi connectivity index (χ2v) is 8.64. The molecule has 0 saturated carbocycles. The summed E-state index contributed by atoms with van der Waals surface area (Å²) in [6.45, 7) is 5.49. The average Bonchev–Trinajstić information content (AvgIpc) is 2.54. The summed E-state index contributed by atoms with van der Waals surface area (Å²) in [5.41, 5.74) is 0.460. The third-order valence-electron chi connectivity index (χ3n) is 3.47. The maximum absolute atomic E-state index is 12.6. The largest absolute Gasteiger partial charge is 0.457 e. The number of Topliss-reactive ketones (excluding diaryl/α,β-unsaturated/α-hetero) is 1. The van der Waals surface area contributed by atoms with E-state index in [4.69, 9.17) is 37.0 Å². The van der Waals surface area contributed by atoms with E-state index in [0.717, 1.165) is 0 Å². The molecule has 1 rings (SSSR count). The van der Waals surface area contributed by atoms with E-state index in [-0.39, 0.29) is 31.1 Å². The summed E-state index contributed by atoms with van der Waals surface area (Å²) < 4.78 is 28.3. The highest BCUT2D eigenvalue weighted by Gasteiger charge is 2.30. The fourth-order valence-electron chi connectivity index (χ4n) is 2.41. The molecule has 27 heavy (non-hydrogen) atoms. The molecular formula is C18H25Cl2O6P. The van der Waals surface area contributed by atoms with Gasteiger partial charge in [0.2, 0.25) is 0 Å². The summed E-state index contributed by atoms with van der Waals surface area (Å²) in [6.07, 6.45) is -0.676. The van der Waals surface area contributed by atoms with Crippen LogP contribution in [0.5, 0.6) is 0 Å². The van der Waals surface area contributed by atoms with Gasteiger partial charge in [-0.3, -0.25) is 14.2 Å². The number of esters is 1. The first-order valence-corrected chi connectivity index (χ1v) is 11.3. The monoisotopic (exact) mass is 438 g/mol. The van der Waals surface area contributed by atoms with E-state index in [2.05, 4.69) is 0 Å². The molecule has 0 fully saturated rings. The third kappa shape index (κ3) is 8.32. The van der Waals surface area contributed by atoms with Crippen LogP contribution in [0, 0.1) is 0 Å². The van der Waals surface area contributed by atoms with Crippen LogP contribution in [-0.4, -0.2) is 31.1 Å². The van der Waals surface area contributed by atoms with Crippen molar-refractivity contribution in [2.45, 2.75) is 46.1 Å². The van der Waals surface area contributed by atoms with Crippen LogP contribution in [0.15, 0.2) is 18.2 Å². The van der Waals surface area contributed by atoms with Gasteiger partial charge in [0.15, 0.2) is 0 Å². The molecule has 0 radical (unpaired) electrons. The number of ketones is 1. The third-order valence-corrected chi connectivity index (χ3v) is 6.08. The van der Waals surface area contributed by atoms with Crippen LogP contribution in [0.25, 0.3) is 0 Å². The molecule has 1 aromatic rings. The van der Waals surface area contributed by atoms with Crippen molar-refractivity contribution in [3.8, 4) is 0 Å². The minimum absolute atomic E-state index is 0.155. The molecule has 0 aromatic heterocycles. The lowest BCUT2D eigenvalue weighted by Crippen LogP contribution is -2.18. The summed E-state index contributed by atoms with van der Waals surface area (Å²) in [5.74, 6) is -0.861. The van der Waals surface area contributed by atoms with E-state index in [1.807, 2.05) is 6.92 Å². The number of carbonyl (C=O) groups excluding carboxylic acids is 2. The normalized spacial score (nSPS) is 12.6. The second kappa shape index (κ2) is 11.8. The van der Waals surface area contributed by atoms with Gasteiger partial charge in [0, 0.05) is 28.5 Å². The van der Waals surface area contributed by atoms with Crippen molar-refractivity contribution in [2.24, 2.45) is 0 Å². The Kier molecular flexibility index (Phi) is 10.6. The molecule has 9 heteroatoms. The molecule has 1 unspecified atom stereocenters. The smallest absolute Gasteiger partial charge is 0.338 e. The Balaban J connectivity index is 3.00. The molecule has 0 aliphatic carbocycles. The highest BCUT2D eigenvalue weighted by Crippen LogP contribution is 2.48. The van der Waals surface area contributed by atoms with Crippen molar-refractivity contribution < 1.29 is 27.9 Å². The number of halogens is 2. The molecule has 1 atom stereocenters. The zero-order valence-corrected chi connectivity index (χ0v) is 18.1. The Morgan fingerprint density at radius 2 is 1.74 bits per heavy atom. The summed E-state index contributed by atoms with van der Waals surface area (Å²) >= 11 is 12.1. The van der Waals surface area contributed by atoms with Crippen molar-refractivity contribution in [3.05, 3.63) is 33.8 Å². The highest BCUT2D eigenvalue weighted by molar-refractivity contribution is 7.54. The van der Waals surface area contributed by atoms with Gasteiger partial charge in [0.05, 0.1) is 13.2 Å². The zero-order chi connectivity index (χ0) is 20.4. The van der Waals surface area contributed by atoms with E-state index in [9.17, 15) is 14.2 Å². The number of ether oxygens (including phenoxy) is 1. The van der Waals surface area contributed by atoms with Gasteiger partial charge in [-0.1, -0.05) is 36.2 Å². The fourth-order valence-corrected chi connectivity index (χ4v) is 4.54. The van der Waals surface area contributed by atoms with Gasteiger partial charge < -0.3 is 13.8 Å². The van der Waals surface area contributed by atoms with Gasteiger partial charge in [-0.2, -0.15) is 0 Å². The van der Waals surface area contributed by atoms with Gasteiger partial charge >= 0.3 is 13.6 Å². The summed E-state index contributed by atoms with van der Waals surface area (Å²) in [6, 6.07) is 4.71. The Labute approximate surface area is 170 Å². The van der Waals surface area contributed by atoms with Gasteiger partial charge in [-0.05, 0) is 32.4 Å². The molecule has 0 heterocycles. The number of rotatable bonds is 12.